The third kappa shape index (κ3) is 6.36. The number of carbonyl (C=O) groups is 2. The molecule has 4 rings (SSSR count). The molecule has 0 radical (unpaired) electrons. The van der Waals surface area contributed by atoms with Crippen LogP contribution < -0.4 is 10.6 Å². The van der Waals surface area contributed by atoms with Crippen LogP contribution in [0.2, 0.25) is 0 Å². The molecular weight excluding hydrogens is 424 g/mol. The highest BCUT2D eigenvalue weighted by Gasteiger charge is 2.28. The average Bonchev–Trinajstić information content (AvgIpc) is 2.88. The number of benzene rings is 2. The van der Waals surface area contributed by atoms with E-state index in [0.717, 1.165) is 22.3 Å². The van der Waals surface area contributed by atoms with Crippen molar-refractivity contribution in [1.29, 1.82) is 0 Å². The van der Waals surface area contributed by atoms with Crippen LogP contribution in [0.25, 0.3) is 0 Å². The molecule has 2 aromatic heterocycles. The molecule has 2 amide bonds. The molecule has 170 valence electrons. The van der Waals surface area contributed by atoms with Gasteiger partial charge in [-0.3, -0.25) is 19.6 Å². The first kappa shape index (κ1) is 22.9. The van der Waals surface area contributed by atoms with E-state index in [2.05, 4.69) is 20.6 Å². The maximum Gasteiger partial charge on any atom is 0.224 e. The lowest BCUT2D eigenvalue weighted by Crippen LogP contribution is -2.41. The van der Waals surface area contributed by atoms with Gasteiger partial charge in [0.05, 0.1) is 24.9 Å². The first-order valence-corrected chi connectivity index (χ1v) is 11.2. The fraction of sp³-hybridized carbons (Fsp3) is 0.143. The Balaban J connectivity index is 1.62. The predicted octanol–water partition coefficient (Wildman–Crippen LogP) is 3.98. The lowest BCUT2D eigenvalue weighted by molar-refractivity contribution is -0.124. The van der Waals surface area contributed by atoms with E-state index in [1.54, 1.807) is 24.8 Å². The van der Waals surface area contributed by atoms with Crippen LogP contribution in [0.4, 0.5) is 0 Å². The Morgan fingerprint density at radius 1 is 0.559 bits per heavy atom. The Morgan fingerprint density at radius 2 is 0.912 bits per heavy atom. The molecule has 4 aromatic rings. The Morgan fingerprint density at radius 3 is 1.26 bits per heavy atom. The van der Waals surface area contributed by atoms with Gasteiger partial charge >= 0.3 is 0 Å². The molecule has 6 nitrogen and oxygen atoms in total. The van der Waals surface area contributed by atoms with Gasteiger partial charge in [0, 0.05) is 24.8 Å². The van der Waals surface area contributed by atoms with Crippen LogP contribution in [0, 0.1) is 0 Å². The zero-order chi connectivity index (χ0) is 23.6. The van der Waals surface area contributed by atoms with E-state index < -0.39 is 12.1 Å². The maximum absolute atomic E-state index is 13.1. The smallest absolute Gasteiger partial charge is 0.224 e. The normalized spacial score (nSPS) is 12.4. The molecule has 34 heavy (non-hydrogen) atoms. The predicted molar refractivity (Wildman–Crippen MR) is 131 cm³/mol. The quantitative estimate of drug-likeness (QED) is 0.404. The third-order valence-corrected chi connectivity index (χ3v) is 5.51. The maximum atomic E-state index is 13.1. The SMILES string of the molecule is O=C(Cc1ccccc1)NC(c1ccncc1)C(NC(=O)Cc1ccccc1)c1ccncc1. The molecule has 2 unspecified atom stereocenters. The summed E-state index contributed by atoms with van der Waals surface area (Å²) in [5.41, 5.74) is 3.53. The van der Waals surface area contributed by atoms with Crippen LogP contribution in [-0.4, -0.2) is 21.8 Å². The Bertz CT molecular complexity index is 1090. The van der Waals surface area contributed by atoms with Gasteiger partial charge < -0.3 is 10.6 Å². The van der Waals surface area contributed by atoms with E-state index in [1.807, 2.05) is 84.9 Å². The molecule has 0 aliphatic carbocycles. The molecule has 2 heterocycles. The highest BCUT2D eigenvalue weighted by Crippen LogP contribution is 2.29. The summed E-state index contributed by atoms with van der Waals surface area (Å²) in [6.07, 6.45) is 7.21. The second-order valence-corrected chi connectivity index (χ2v) is 7.98. The Kier molecular flexibility index (Phi) is 7.74. The van der Waals surface area contributed by atoms with Crippen molar-refractivity contribution in [3.63, 3.8) is 0 Å². The van der Waals surface area contributed by atoms with Gasteiger partial charge in [0.15, 0.2) is 0 Å². The van der Waals surface area contributed by atoms with Crippen LogP contribution in [0.15, 0.2) is 110 Å². The second kappa shape index (κ2) is 11.5. The van der Waals surface area contributed by atoms with Gasteiger partial charge in [-0.2, -0.15) is 0 Å². The number of hydrogen-bond donors (Lipinski definition) is 2. The molecule has 2 N–H and O–H groups in total. The molecule has 0 bridgehead atoms. The van der Waals surface area contributed by atoms with E-state index in [9.17, 15) is 9.59 Å². The van der Waals surface area contributed by atoms with Crippen molar-refractivity contribution in [3.05, 3.63) is 132 Å². The third-order valence-electron chi connectivity index (χ3n) is 5.51. The molecule has 0 spiro atoms. The van der Waals surface area contributed by atoms with Crippen LogP contribution in [-0.2, 0) is 22.4 Å². The standard InChI is InChI=1S/C28H26N4O2/c33-25(19-21-7-3-1-4-8-21)31-27(23-11-15-29-16-12-23)28(24-13-17-30-18-14-24)32-26(34)20-22-9-5-2-6-10-22/h1-18,27-28H,19-20H2,(H,31,33)(H,32,34). The van der Waals surface area contributed by atoms with Crippen LogP contribution in [0.1, 0.15) is 34.3 Å². The van der Waals surface area contributed by atoms with E-state index in [-0.39, 0.29) is 24.7 Å². The molecule has 0 aliphatic rings. The summed E-state index contributed by atoms with van der Waals surface area (Å²) in [5.74, 6) is -0.270. The van der Waals surface area contributed by atoms with E-state index in [0.29, 0.717) is 0 Å². The Labute approximate surface area is 199 Å². The highest BCUT2D eigenvalue weighted by molar-refractivity contribution is 5.81. The largest absolute Gasteiger partial charge is 0.347 e. The fourth-order valence-electron chi connectivity index (χ4n) is 3.87. The lowest BCUT2D eigenvalue weighted by atomic mass is 9.93. The molecule has 0 saturated heterocycles. The Hall–Kier alpha value is -4.32. The zero-order valence-electron chi connectivity index (χ0n) is 18.7. The van der Waals surface area contributed by atoms with Crippen molar-refractivity contribution in [3.8, 4) is 0 Å². The minimum absolute atomic E-state index is 0.135. The number of amides is 2. The monoisotopic (exact) mass is 450 g/mol. The minimum Gasteiger partial charge on any atom is -0.347 e. The summed E-state index contributed by atoms with van der Waals surface area (Å²) in [6, 6.07) is 25.6. The van der Waals surface area contributed by atoms with Gasteiger partial charge in [-0.15, -0.1) is 0 Å². The molecule has 2 aromatic carbocycles. The van der Waals surface area contributed by atoms with Crippen molar-refractivity contribution in [2.45, 2.75) is 24.9 Å². The van der Waals surface area contributed by atoms with Crippen LogP contribution in [0.3, 0.4) is 0 Å². The number of pyridine rings is 2. The van der Waals surface area contributed by atoms with Crippen molar-refractivity contribution in [1.82, 2.24) is 20.6 Å². The van der Waals surface area contributed by atoms with E-state index in [4.69, 9.17) is 0 Å². The van der Waals surface area contributed by atoms with Crippen molar-refractivity contribution < 1.29 is 9.59 Å². The molecular formula is C28H26N4O2. The van der Waals surface area contributed by atoms with Gasteiger partial charge in [0.1, 0.15) is 0 Å². The molecule has 0 aliphatic heterocycles. The first-order chi connectivity index (χ1) is 16.7. The van der Waals surface area contributed by atoms with Crippen molar-refractivity contribution in [2.75, 3.05) is 0 Å². The number of nitrogens with one attached hydrogen (secondary N) is 2. The number of nitrogens with zero attached hydrogens (tertiary/aromatic N) is 2. The van der Waals surface area contributed by atoms with Gasteiger partial charge in [-0.25, -0.2) is 0 Å². The minimum atomic E-state index is -0.499. The van der Waals surface area contributed by atoms with Crippen molar-refractivity contribution >= 4 is 11.8 Å². The number of carbonyl (C=O) groups excluding carboxylic acids is 2. The van der Waals surface area contributed by atoms with Crippen LogP contribution >= 0.6 is 0 Å². The fourth-order valence-corrected chi connectivity index (χ4v) is 3.87. The zero-order valence-corrected chi connectivity index (χ0v) is 18.7. The van der Waals surface area contributed by atoms with Gasteiger partial charge in [-0.1, -0.05) is 60.7 Å². The van der Waals surface area contributed by atoms with Gasteiger partial charge in [0.25, 0.3) is 0 Å². The summed E-state index contributed by atoms with van der Waals surface area (Å²) in [6.45, 7) is 0. The summed E-state index contributed by atoms with van der Waals surface area (Å²) in [7, 11) is 0. The topological polar surface area (TPSA) is 84.0 Å². The summed E-state index contributed by atoms with van der Waals surface area (Å²) >= 11 is 0. The highest BCUT2D eigenvalue weighted by atomic mass is 16.2. The molecule has 0 saturated carbocycles. The first-order valence-electron chi connectivity index (χ1n) is 11.2. The van der Waals surface area contributed by atoms with E-state index >= 15 is 0 Å². The van der Waals surface area contributed by atoms with Crippen LogP contribution in [0.5, 0.6) is 0 Å². The molecule has 6 heteroatoms. The van der Waals surface area contributed by atoms with Gasteiger partial charge in [0.2, 0.25) is 11.8 Å². The van der Waals surface area contributed by atoms with Crippen molar-refractivity contribution in [2.24, 2.45) is 0 Å². The summed E-state index contributed by atoms with van der Waals surface area (Å²) < 4.78 is 0. The van der Waals surface area contributed by atoms with E-state index in [1.165, 1.54) is 0 Å². The summed E-state index contributed by atoms with van der Waals surface area (Å²) in [4.78, 5) is 34.3. The lowest BCUT2D eigenvalue weighted by Gasteiger charge is -2.30. The number of rotatable bonds is 9. The number of aromatic nitrogens is 2. The number of hydrogen-bond acceptors (Lipinski definition) is 4. The molecule has 2 atom stereocenters. The average molecular weight is 451 g/mol. The molecule has 0 fully saturated rings. The second-order valence-electron chi connectivity index (χ2n) is 7.98. The summed E-state index contributed by atoms with van der Waals surface area (Å²) in [5, 5.41) is 6.30. The van der Waals surface area contributed by atoms with Gasteiger partial charge in [-0.05, 0) is 46.5 Å².